The Kier molecular flexibility index (Phi) is 5.46. The maximum atomic E-state index is 12.3. The maximum absolute atomic E-state index is 12.3. The van der Waals surface area contributed by atoms with Gasteiger partial charge in [0, 0.05) is 12.5 Å². The molecule has 140 valence electrons. The summed E-state index contributed by atoms with van der Waals surface area (Å²) in [5.41, 5.74) is 3.17. The van der Waals surface area contributed by atoms with Crippen molar-refractivity contribution in [2.75, 3.05) is 16.8 Å². The lowest BCUT2D eigenvalue weighted by Gasteiger charge is -2.13. The first-order valence-electron chi connectivity index (χ1n) is 9.00. The van der Waals surface area contributed by atoms with Crippen molar-refractivity contribution in [2.45, 2.75) is 45.6 Å². The molecule has 0 spiro atoms. The van der Waals surface area contributed by atoms with Gasteiger partial charge in [-0.05, 0) is 37.3 Å². The summed E-state index contributed by atoms with van der Waals surface area (Å²) in [5.74, 6) is 0.751. The molecule has 1 aliphatic rings. The van der Waals surface area contributed by atoms with E-state index in [1.165, 1.54) is 5.56 Å². The van der Waals surface area contributed by atoms with Crippen molar-refractivity contribution in [3.8, 4) is 0 Å². The van der Waals surface area contributed by atoms with Gasteiger partial charge in [0.05, 0.1) is 23.2 Å². The van der Waals surface area contributed by atoms with Gasteiger partial charge in [-0.3, -0.25) is 4.79 Å². The number of benzene rings is 1. The van der Waals surface area contributed by atoms with E-state index in [1.54, 1.807) is 10.7 Å². The number of carbonyl (C=O) groups is 1. The summed E-state index contributed by atoms with van der Waals surface area (Å²) in [4.78, 5) is 12.3. The molecule has 1 amide bonds. The van der Waals surface area contributed by atoms with Crippen LogP contribution in [0.25, 0.3) is 0 Å². The van der Waals surface area contributed by atoms with Crippen LogP contribution in [-0.4, -0.2) is 35.6 Å². The van der Waals surface area contributed by atoms with Gasteiger partial charge in [-0.2, -0.15) is 5.10 Å². The van der Waals surface area contributed by atoms with Crippen molar-refractivity contribution in [3.63, 3.8) is 0 Å². The van der Waals surface area contributed by atoms with Gasteiger partial charge in [-0.15, -0.1) is 0 Å². The summed E-state index contributed by atoms with van der Waals surface area (Å²) in [6.45, 7) is 3.95. The summed E-state index contributed by atoms with van der Waals surface area (Å²) < 4.78 is 25.1. The smallest absolute Gasteiger partial charge is 0.225 e. The van der Waals surface area contributed by atoms with E-state index in [0.29, 0.717) is 25.1 Å². The van der Waals surface area contributed by atoms with Crippen molar-refractivity contribution in [1.29, 1.82) is 0 Å². The molecule has 0 saturated carbocycles. The highest BCUT2D eigenvalue weighted by Crippen LogP contribution is 2.27. The van der Waals surface area contributed by atoms with Crippen molar-refractivity contribution < 1.29 is 13.2 Å². The van der Waals surface area contributed by atoms with Crippen molar-refractivity contribution in [2.24, 2.45) is 0 Å². The first-order chi connectivity index (χ1) is 12.4. The molecule has 1 unspecified atom stereocenters. The topological polar surface area (TPSA) is 81.1 Å². The molecule has 1 saturated heterocycles. The second kappa shape index (κ2) is 7.61. The zero-order valence-electron chi connectivity index (χ0n) is 15.2. The van der Waals surface area contributed by atoms with Crippen LogP contribution in [0.1, 0.15) is 42.6 Å². The van der Waals surface area contributed by atoms with E-state index in [-0.39, 0.29) is 23.5 Å². The van der Waals surface area contributed by atoms with E-state index in [1.807, 2.05) is 6.92 Å². The summed E-state index contributed by atoms with van der Waals surface area (Å²) in [7, 11) is -3.01. The number of aryl methyl sites for hydroxylation is 3. The van der Waals surface area contributed by atoms with Crippen molar-refractivity contribution >= 4 is 21.6 Å². The lowest BCUT2D eigenvalue weighted by Crippen LogP contribution is -2.19. The zero-order chi connectivity index (χ0) is 18.7. The molecule has 6 nitrogen and oxygen atoms in total. The van der Waals surface area contributed by atoms with Gasteiger partial charge in [-0.25, -0.2) is 13.1 Å². The zero-order valence-corrected chi connectivity index (χ0v) is 16.1. The predicted octanol–water partition coefficient (Wildman–Crippen LogP) is 2.68. The number of nitrogens with one attached hydrogen (secondary N) is 1. The first kappa shape index (κ1) is 18.6. The van der Waals surface area contributed by atoms with Crippen LogP contribution >= 0.6 is 0 Å². The highest BCUT2D eigenvalue weighted by Gasteiger charge is 2.31. The SMILES string of the molecule is CCc1ccc(CCC(=O)Nc2cc(C)nn2C2CCS(=O)(=O)C2)cc1. The molecule has 2 heterocycles. The van der Waals surface area contributed by atoms with Gasteiger partial charge in [0.2, 0.25) is 5.91 Å². The number of nitrogens with zero attached hydrogens (tertiary/aromatic N) is 2. The van der Waals surface area contributed by atoms with E-state index in [4.69, 9.17) is 0 Å². The van der Waals surface area contributed by atoms with Gasteiger partial charge in [-0.1, -0.05) is 31.2 Å². The number of rotatable bonds is 6. The number of carbonyl (C=O) groups excluding carboxylic acids is 1. The average molecular weight is 375 g/mol. The number of aromatic nitrogens is 2. The molecule has 1 aromatic carbocycles. The second-order valence-electron chi connectivity index (χ2n) is 6.89. The average Bonchev–Trinajstić information content (AvgIpc) is 3.15. The number of anilines is 1. The molecule has 3 rings (SSSR count). The molecule has 26 heavy (non-hydrogen) atoms. The third kappa shape index (κ3) is 4.52. The van der Waals surface area contributed by atoms with Crippen LogP contribution in [0.15, 0.2) is 30.3 Å². The number of amides is 1. The van der Waals surface area contributed by atoms with Crippen LogP contribution in [0.2, 0.25) is 0 Å². The third-order valence-corrected chi connectivity index (χ3v) is 6.50. The van der Waals surface area contributed by atoms with Crippen LogP contribution < -0.4 is 5.32 Å². The largest absolute Gasteiger partial charge is 0.311 e. The van der Waals surface area contributed by atoms with E-state index in [0.717, 1.165) is 17.7 Å². The Morgan fingerprint density at radius 1 is 1.27 bits per heavy atom. The molecule has 1 N–H and O–H groups in total. The van der Waals surface area contributed by atoms with Crippen LogP contribution in [0.3, 0.4) is 0 Å². The molecule has 0 bridgehead atoms. The van der Waals surface area contributed by atoms with Gasteiger partial charge in [0.1, 0.15) is 5.82 Å². The first-order valence-corrected chi connectivity index (χ1v) is 10.8. The van der Waals surface area contributed by atoms with E-state index in [9.17, 15) is 13.2 Å². The Morgan fingerprint density at radius 2 is 1.96 bits per heavy atom. The summed E-state index contributed by atoms with van der Waals surface area (Å²) >= 11 is 0. The highest BCUT2D eigenvalue weighted by atomic mass is 32.2. The van der Waals surface area contributed by atoms with Crippen molar-refractivity contribution in [3.05, 3.63) is 47.2 Å². The monoisotopic (exact) mass is 375 g/mol. The summed E-state index contributed by atoms with van der Waals surface area (Å²) in [6, 6.07) is 9.89. The number of sulfone groups is 1. The van der Waals surface area contributed by atoms with E-state index >= 15 is 0 Å². The minimum absolute atomic E-state index is 0.0841. The fourth-order valence-electron chi connectivity index (χ4n) is 3.26. The standard InChI is InChI=1S/C19H25N3O3S/c1-3-15-4-6-16(7-5-15)8-9-19(23)20-18-12-14(2)21-22(18)17-10-11-26(24,25)13-17/h4-7,12,17H,3,8-11,13H2,1-2H3,(H,20,23). The van der Waals surface area contributed by atoms with Gasteiger partial charge in [0.15, 0.2) is 9.84 Å². The van der Waals surface area contributed by atoms with E-state index in [2.05, 4.69) is 41.6 Å². The predicted molar refractivity (Wildman–Crippen MR) is 102 cm³/mol. The molecule has 1 fully saturated rings. The Hall–Kier alpha value is -2.15. The molecule has 7 heteroatoms. The number of hydrogen-bond acceptors (Lipinski definition) is 4. The molecular weight excluding hydrogens is 350 g/mol. The van der Waals surface area contributed by atoms with E-state index < -0.39 is 9.84 Å². The highest BCUT2D eigenvalue weighted by molar-refractivity contribution is 7.91. The number of hydrogen-bond donors (Lipinski definition) is 1. The van der Waals surface area contributed by atoms with Gasteiger partial charge < -0.3 is 5.32 Å². The minimum atomic E-state index is -3.01. The van der Waals surface area contributed by atoms with Crippen LogP contribution in [0, 0.1) is 6.92 Å². The quantitative estimate of drug-likeness (QED) is 0.842. The lowest BCUT2D eigenvalue weighted by molar-refractivity contribution is -0.116. The molecule has 1 aromatic heterocycles. The maximum Gasteiger partial charge on any atom is 0.225 e. The molecule has 1 aliphatic heterocycles. The molecule has 0 aliphatic carbocycles. The molecule has 2 aromatic rings. The fourth-order valence-corrected chi connectivity index (χ4v) is 4.95. The summed E-state index contributed by atoms with van der Waals surface area (Å²) in [5, 5.41) is 7.28. The lowest BCUT2D eigenvalue weighted by atomic mass is 10.1. The van der Waals surface area contributed by atoms with Crippen LogP contribution in [0.4, 0.5) is 5.82 Å². The van der Waals surface area contributed by atoms with Crippen molar-refractivity contribution in [1.82, 2.24) is 9.78 Å². The third-order valence-electron chi connectivity index (χ3n) is 4.75. The Balaban J connectivity index is 1.62. The van der Waals surface area contributed by atoms with Crippen LogP contribution in [0.5, 0.6) is 0 Å². The molecular formula is C19H25N3O3S. The summed E-state index contributed by atoms with van der Waals surface area (Å²) in [6.07, 6.45) is 2.58. The van der Waals surface area contributed by atoms with Gasteiger partial charge in [0.25, 0.3) is 0 Å². The Labute approximate surface area is 154 Å². The Morgan fingerprint density at radius 3 is 2.58 bits per heavy atom. The molecule has 0 radical (unpaired) electrons. The normalized spacial score (nSPS) is 18.8. The van der Waals surface area contributed by atoms with Gasteiger partial charge >= 0.3 is 0 Å². The second-order valence-corrected chi connectivity index (χ2v) is 9.12. The fraction of sp³-hybridized carbons (Fsp3) is 0.474. The van der Waals surface area contributed by atoms with Crippen LogP contribution in [-0.2, 0) is 27.5 Å². The minimum Gasteiger partial charge on any atom is -0.311 e. The Bertz CT molecular complexity index is 885. The molecule has 1 atom stereocenters.